The highest BCUT2D eigenvalue weighted by molar-refractivity contribution is 5.99. The zero-order chi connectivity index (χ0) is 16.5. The summed E-state index contributed by atoms with van der Waals surface area (Å²) in [7, 11) is 0. The molecule has 2 heterocycles. The highest BCUT2D eigenvalue weighted by Gasteiger charge is 2.26. The van der Waals surface area contributed by atoms with Crippen LogP contribution in [0.5, 0.6) is 0 Å². The van der Waals surface area contributed by atoms with E-state index in [1.165, 1.54) is 0 Å². The molecule has 5 heteroatoms. The van der Waals surface area contributed by atoms with E-state index in [2.05, 4.69) is 10.3 Å². The normalized spacial score (nSPS) is 13.3. The molecule has 4 rings (SSSR count). The maximum atomic E-state index is 12.3. The fourth-order valence-electron chi connectivity index (χ4n) is 3.09. The van der Waals surface area contributed by atoms with Gasteiger partial charge in [0.05, 0.1) is 0 Å². The molecule has 0 fully saturated rings. The molecule has 1 aromatic heterocycles. The lowest BCUT2D eigenvalue weighted by Crippen LogP contribution is -2.28. The van der Waals surface area contributed by atoms with Crippen molar-refractivity contribution in [2.24, 2.45) is 0 Å². The Kier molecular flexibility index (Phi) is 3.54. The van der Waals surface area contributed by atoms with Crippen molar-refractivity contribution in [3.8, 4) is 0 Å². The number of hydrogen-bond donors (Lipinski definition) is 2. The minimum absolute atomic E-state index is 0.00661. The van der Waals surface area contributed by atoms with Crippen molar-refractivity contribution in [1.29, 1.82) is 0 Å². The van der Waals surface area contributed by atoms with Crippen LogP contribution in [-0.2, 0) is 11.3 Å². The number of carbonyl (C=O) groups is 2. The van der Waals surface area contributed by atoms with E-state index in [-0.39, 0.29) is 18.2 Å². The number of benzene rings is 2. The molecule has 1 aliphatic rings. The second kappa shape index (κ2) is 5.85. The molecule has 0 saturated carbocycles. The third-order valence-electron chi connectivity index (χ3n) is 4.34. The first-order valence-electron chi connectivity index (χ1n) is 7.95. The first-order chi connectivity index (χ1) is 11.7. The van der Waals surface area contributed by atoms with Gasteiger partial charge in [-0.3, -0.25) is 9.59 Å². The highest BCUT2D eigenvalue weighted by atomic mass is 16.2. The van der Waals surface area contributed by atoms with Gasteiger partial charge in [0, 0.05) is 47.9 Å². The van der Waals surface area contributed by atoms with Gasteiger partial charge in [0.25, 0.3) is 5.91 Å². The van der Waals surface area contributed by atoms with Crippen molar-refractivity contribution in [3.05, 3.63) is 65.9 Å². The SMILES string of the molecule is O=C(CCN1Cc2ccccc2C1=O)Nc1ccc2[nH]ccc2c1. The van der Waals surface area contributed by atoms with E-state index in [1.807, 2.05) is 54.7 Å². The van der Waals surface area contributed by atoms with Gasteiger partial charge in [-0.1, -0.05) is 18.2 Å². The maximum Gasteiger partial charge on any atom is 0.254 e. The number of fused-ring (bicyclic) bond motifs is 2. The molecule has 2 aromatic carbocycles. The van der Waals surface area contributed by atoms with Crippen molar-refractivity contribution in [3.63, 3.8) is 0 Å². The molecule has 0 spiro atoms. The van der Waals surface area contributed by atoms with Gasteiger partial charge in [0.2, 0.25) is 5.91 Å². The molecule has 2 N–H and O–H groups in total. The smallest absolute Gasteiger partial charge is 0.254 e. The van der Waals surface area contributed by atoms with Crippen molar-refractivity contribution in [2.45, 2.75) is 13.0 Å². The molecule has 1 aliphatic heterocycles. The molecule has 3 aromatic rings. The van der Waals surface area contributed by atoms with Gasteiger partial charge in [-0.2, -0.15) is 0 Å². The Morgan fingerprint density at radius 3 is 2.92 bits per heavy atom. The number of nitrogens with zero attached hydrogens (tertiary/aromatic N) is 1. The number of carbonyl (C=O) groups excluding carboxylic acids is 2. The average molecular weight is 319 g/mol. The zero-order valence-electron chi connectivity index (χ0n) is 13.1. The quantitative estimate of drug-likeness (QED) is 0.776. The van der Waals surface area contributed by atoms with E-state index >= 15 is 0 Å². The van der Waals surface area contributed by atoms with Crippen LogP contribution in [0.4, 0.5) is 5.69 Å². The molecular weight excluding hydrogens is 302 g/mol. The van der Waals surface area contributed by atoms with E-state index in [0.29, 0.717) is 13.1 Å². The van der Waals surface area contributed by atoms with Crippen LogP contribution in [0.2, 0.25) is 0 Å². The number of aromatic nitrogens is 1. The number of anilines is 1. The van der Waals surface area contributed by atoms with Gasteiger partial charge in [0.1, 0.15) is 0 Å². The van der Waals surface area contributed by atoms with Crippen molar-refractivity contribution in [1.82, 2.24) is 9.88 Å². The van der Waals surface area contributed by atoms with E-state index < -0.39 is 0 Å². The Bertz CT molecular complexity index is 929. The summed E-state index contributed by atoms with van der Waals surface area (Å²) in [6.45, 7) is 1.00. The average Bonchev–Trinajstić information content (AvgIpc) is 3.17. The predicted molar refractivity (Wildman–Crippen MR) is 92.7 cm³/mol. The largest absolute Gasteiger partial charge is 0.361 e. The van der Waals surface area contributed by atoms with Gasteiger partial charge < -0.3 is 15.2 Å². The van der Waals surface area contributed by atoms with Gasteiger partial charge in [-0.25, -0.2) is 0 Å². The molecule has 0 aliphatic carbocycles. The highest BCUT2D eigenvalue weighted by Crippen LogP contribution is 2.22. The minimum Gasteiger partial charge on any atom is -0.361 e. The fourth-order valence-corrected chi connectivity index (χ4v) is 3.09. The van der Waals surface area contributed by atoms with Crippen molar-refractivity contribution < 1.29 is 9.59 Å². The van der Waals surface area contributed by atoms with Crippen molar-refractivity contribution >= 4 is 28.4 Å². The van der Waals surface area contributed by atoms with Crippen LogP contribution in [-0.4, -0.2) is 28.2 Å². The van der Waals surface area contributed by atoms with Crippen LogP contribution in [0.1, 0.15) is 22.3 Å². The van der Waals surface area contributed by atoms with Gasteiger partial charge >= 0.3 is 0 Å². The number of H-pyrrole nitrogens is 1. The molecule has 120 valence electrons. The van der Waals surface area contributed by atoms with Crippen molar-refractivity contribution in [2.75, 3.05) is 11.9 Å². The molecular formula is C19H17N3O2. The lowest BCUT2D eigenvalue weighted by atomic mass is 10.1. The van der Waals surface area contributed by atoms with E-state index in [9.17, 15) is 9.59 Å². The Hall–Kier alpha value is -3.08. The summed E-state index contributed by atoms with van der Waals surface area (Å²) >= 11 is 0. The third-order valence-corrected chi connectivity index (χ3v) is 4.34. The Morgan fingerprint density at radius 1 is 1.17 bits per heavy atom. The zero-order valence-corrected chi connectivity index (χ0v) is 13.1. The summed E-state index contributed by atoms with van der Waals surface area (Å²) in [6.07, 6.45) is 2.15. The lowest BCUT2D eigenvalue weighted by molar-refractivity contribution is -0.116. The maximum absolute atomic E-state index is 12.3. The van der Waals surface area contributed by atoms with Crippen LogP contribution in [0.25, 0.3) is 10.9 Å². The first kappa shape index (κ1) is 14.5. The molecule has 0 saturated heterocycles. The van der Waals surface area contributed by atoms with Crippen LogP contribution in [0.3, 0.4) is 0 Å². The summed E-state index contributed by atoms with van der Waals surface area (Å²) in [5.41, 5.74) is 3.58. The fraction of sp³-hybridized carbons (Fsp3) is 0.158. The number of nitrogens with one attached hydrogen (secondary N) is 2. The monoisotopic (exact) mass is 319 g/mol. The lowest BCUT2D eigenvalue weighted by Gasteiger charge is -2.15. The Labute approximate surface area is 139 Å². The number of aromatic amines is 1. The number of hydrogen-bond acceptors (Lipinski definition) is 2. The summed E-state index contributed by atoms with van der Waals surface area (Å²) in [6, 6.07) is 15.3. The van der Waals surface area contributed by atoms with Gasteiger partial charge in [-0.15, -0.1) is 0 Å². The topological polar surface area (TPSA) is 65.2 Å². The van der Waals surface area contributed by atoms with E-state index in [4.69, 9.17) is 0 Å². The standard InChI is InChI=1S/C19H17N3O2/c23-18(21-15-5-6-17-13(11-15)7-9-20-17)8-10-22-12-14-3-1-2-4-16(14)19(22)24/h1-7,9,11,20H,8,10,12H2,(H,21,23). The van der Waals surface area contributed by atoms with Gasteiger partial charge in [-0.05, 0) is 35.9 Å². The predicted octanol–water partition coefficient (Wildman–Crippen LogP) is 3.15. The summed E-state index contributed by atoms with van der Waals surface area (Å²) in [5, 5.41) is 3.95. The Balaban J connectivity index is 1.36. The molecule has 24 heavy (non-hydrogen) atoms. The van der Waals surface area contributed by atoms with Crippen LogP contribution < -0.4 is 5.32 Å². The third kappa shape index (κ3) is 2.65. The minimum atomic E-state index is -0.0892. The Morgan fingerprint density at radius 2 is 2.04 bits per heavy atom. The van der Waals surface area contributed by atoms with Gasteiger partial charge in [0.15, 0.2) is 0 Å². The number of amides is 2. The second-order valence-corrected chi connectivity index (χ2v) is 5.96. The molecule has 0 radical (unpaired) electrons. The van der Waals surface area contributed by atoms with Crippen LogP contribution in [0, 0.1) is 0 Å². The molecule has 0 atom stereocenters. The summed E-state index contributed by atoms with van der Waals surface area (Å²) in [5.74, 6) is -0.0826. The molecule has 2 amide bonds. The molecule has 5 nitrogen and oxygen atoms in total. The molecule has 0 unspecified atom stereocenters. The van der Waals surface area contributed by atoms with Crippen LogP contribution in [0.15, 0.2) is 54.7 Å². The van der Waals surface area contributed by atoms with Crippen LogP contribution >= 0.6 is 0 Å². The summed E-state index contributed by atoms with van der Waals surface area (Å²) in [4.78, 5) is 29.3. The van der Waals surface area contributed by atoms with E-state index in [0.717, 1.165) is 27.7 Å². The number of rotatable bonds is 4. The second-order valence-electron chi connectivity index (χ2n) is 5.96. The first-order valence-corrected chi connectivity index (χ1v) is 7.95. The van der Waals surface area contributed by atoms with E-state index in [1.54, 1.807) is 4.90 Å². The summed E-state index contributed by atoms with van der Waals surface area (Å²) < 4.78 is 0. The molecule has 0 bridgehead atoms.